The Labute approximate surface area is 123 Å². The smallest absolute Gasteiger partial charge is 0.214 e. The third-order valence-electron chi connectivity index (χ3n) is 4.73. The minimum Gasteiger partial charge on any atom is -0.317 e. The van der Waals surface area contributed by atoms with E-state index in [9.17, 15) is 8.42 Å². The number of likely N-dealkylation sites (N-methyl/N-ethyl adjacent to an activating group) is 1. The highest BCUT2D eigenvalue weighted by atomic mass is 32.2. The van der Waals surface area contributed by atoms with Gasteiger partial charge in [0.15, 0.2) is 0 Å². The summed E-state index contributed by atoms with van der Waals surface area (Å²) < 4.78 is 26.7. The van der Waals surface area contributed by atoms with Crippen molar-refractivity contribution in [3.8, 4) is 0 Å². The number of rotatable bonds is 5. The predicted octanol–water partition coefficient (Wildman–Crippen LogP) is 0.732. The van der Waals surface area contributed by atoms with Crippen LogP contribution in [0.15, 0.2) is 0 Å². The van der Waals surface area contributed by atoms with Gasteiger partial charge in [0.2, 0.25) is 10.0 Å². The van der Waals surface area contributed by atoms with Gasteiger partial charge in [0.05, 0.1) is 5.75 Å². The minimum atomic E-state index is -3.06. The van der Waals surface area contributed by atoms with Crippen LogP contribution in [0.3, 0.4) is 0 Å². The van der Waals surface area contributed by atoms with Gasteiger partial charge in [0.25, 0.3) is 0 Å². The van der Waals surface area contributed by atoms with Crippen LogP contribution >= 0.6 is 0 Å². The van der Waals surface area contributed by atoms with Crippen molar-refractivity contribution in [3.63, 3.8) is 0 Å². The van der Waals surface area contributed by atoms with Gasteiger partial charge in [-0.3, -0.25) is 0 Å². The van der Waals surface area contributed by atoms with Gasteiger partial charge in [-0.05, 0) is 65.2 Å². The maximum absolute atomic E-state index is 12.5. The highest BCUT2D eigenvalue weighted by Crippen LogP contribution is 2.21. The van der Waals surface area contributed by atoms with Crippen LogP contribution in [0.4, 0.5) is 0 Å². The van der Waals surface area contributed by atoms with E-state index in [4.69, 9.17) is 0 Å². The van der Waals surface area contributed by atoms with E-state index in [1.807, 2.05) is 14.1 Å². The zero-order valence-electron chi connectivity index (χ0n) is 12.8. The second-order valence-electron chi connectivity index (χ2n) is 6.42. The average molecular weight is 303 g/mol. The molecular weight excluding hydrogens is 274 g/mol. The molecule has 20 heavy (non-hydrogen) atoms. The molecule has 1 atom stereocenters. The molecule has 2 fully saturated rings. The van der Waals surface area contributed by atoms with Crippen molar-refractivity contribution in [1.29, 1.82) is 0 Å². The van der Waals surface area contributed by atoms with Crippen LogP contribution in [0.5, 0.6) is 0 Å². The maximum atomic E-state index is 12.5. The normalized spacial score (nSPS) is 27.1. The Bertz CT molecular complexity index is 391. The van der Waals surface area contributed by atoms with Gasteiger partial charge in [-0.15, -0.1) is 0 Å². The van der Waals surface area contributed by atoms with E-state index in [0.29, 0.717) is 30.8 Å². The molecule has 1 unspecified atom stereocenters. The lowest BCUT2D eigenvalue weighted by Gasteiger charge is -2.35. The fraction of sp³-hybridized carbons (Fsp3) is 1.00. The molecule has 0 saturated carbocycles. The lowest BCUT2D eigenvalue weighted by atomic mass is 9.96. The molecule has 0 radical (unpaired) electrons. The van der Waals surface area contributed by atoms with Crippen molar-refractivity contribution < 1.29 is 8.42 Å². The van der Waals surface area contributed by atoms with Crippen molar-refractivity contribution in [1.82, 2.24) is 14.5 Å². The fourth-order valence-corrected chi connectivity index (χ4v) is 4.91. The summed E-state index contributed by atoms with van der Waals surface area (Å²) in [6.07, 6.45) is 5.15. The summed E-state index contributed by atoms with van der Waals surface area (Å²) in [5, 5.41) is 3.33. The highest BCUT2D eigenvalue weighted by Gasteiger charge is 2.30. The van der Waals surface area contributed by atoms with Crippen molar-refractivity contribution >= 4 is 10.0 Å². The molecule has 0 aromatic heterocycles. The molecule has 0 aromatic carbocycles. The molecule has 0 amide bonds. The standard InChI is InChI=1S/C14H29N3O2S/c1-16(2)14-4-3-10-17(12-14)20(18,19)11-7-13-5-8-15-9-6-13/h13-15H,3-12H2,1-2H3. The monoisotopic (exact) mass is 303 g/mol. The van der Waals surface area contributed by atoms with E-state index >= 15 is 0 Å². The zero-order chi connectivity index (χ0) is 14.6. The molecule has 1 N–H and O–H groups in total. The van der Waals surface area contributed by atoms with Crippen LogP contribution in [0.25, 0.3) is 0 Å². The fourth-order valence-electron chi connectivity index (χ4n) is 3.21. The molecule has 0 spiro atoms. The Morgan fingerprint density at radius 2 is 1.90 bits per heavy atom. The summed E-state index contributed by atoms with van der Waals surface area (Å²) in [6, 6.07) is 0.373. The van der Waals surface area contributed by atoms with Gasteiger partial charge in [-0.1, -0.05) is 0 Å². The van der Waals surface area contributed by atoms with Crippen molar-refractivity contribution in [2.24, 2.45) is 5.92 Å². The Balaban J connectivity index is 1.85. The lowest BCUT2D eigenvalue weighted by molar-refractivity contribution is 0.190. The van der Waals surface area contributed by atoms with Crippen molar-refractivity contribution in [2.45, 2.75) is 38.1 Å². The first-order valence-electron chi connectivity index (χ1n) is 7.84. The Kier molecular flexibility index (Phi) is 5.84. The van der Waals surface area contributed by atoms with Gasteiger partial charge in [-0.25, -0.2) is 12.7 Å². The van der Waals surface area contributed by atoms with Crippen LogP contribution in [-0.4, -0.2) is 69.7 Å². The van der Waals surface area contributed by atoms with Gasteiger partial charge < -0.3 is 10.2 Å². The molecule has 2 heterocycles. The highest BCUT2D eigenvalue weighted by molar-refractivity contribution is 7.89. The number of hydrogen-bond donors (Lipinski definition) is 1. The minimum absolute atomic E-state index is 0.331. The Morgan fingerprint density at radius 3 is 2.55 bits per heavy atom. The van der Waals surface area contributed by atoms with Gasteiger partial charge >= 0.3 is 0 Å². The molecule has 5 nitrogen and oxygen atoms in total. The number of piperidine rings is 2. The molecule has 2 saturated heterocycles. The summed E-state index contributed by atoms with van der Waals surface area (Å²) >= 11 is 0. The van der Waals surface area contributed by atoms with Crippen LogP contribution in [-0.2, 0) is 10.0 Å². The Hall–Kier alpha value is -0.170. The van der Waals surface area contributed by atoms with Crippen LogP contribution in [0.2, 0.25) is 0 Å². The molecule has 118 valence electrons. The quantitative estimate of drug-likeness (QED) is 0.814. The van der Waals surface area contributed by atoms with Gasteiger partial charge in [0, 0.05) is 19.1 Å². The second kappa shape index (κ2) is 7.20. The molecule has 2 rings (SSSR count). The first-order chi connectivity index (χ1) is 9.49. The van der Waals surface area contributed by atoms with E-state index in [1.54, 1.807) is 4.31 Å². The van der Waals surface area contributed by atoms with Crippen molar-refractivity contribution in [2.75, 3.05) is 46.0 Å². The van der Waals surface area contributed by atoms with Crippen LogP contribution in [0.1, 0.15) is 32.1 Å². The van der Waals surface area contributed by atoms with Crippen LogP contribution < -0.4 is 5.32 Å². The summed E-state index contributed by atoms with van der Waals surface area (Å²) in [6.45, 7) is 3.45. The van der Waals surface area contributed by atoms with Gasteiger partial charge in [0.1, 0.15) is 0 Å². The van der Waals surface area contributed by atoms with Gasteiger partial charge in [-0.2, -0.15) is 0 Å². The Morgan fingerprint density at radius 1 is 1.20 bits per heavy atom. The summed E-state index contributed by atoms with van der Waals surface area (Å²) in [5.74, 6) is 0.915. The largest absolute Gasteiger partial charge is 0.317 e. The molecule has 0 aromatic rings. The summed E-state index contributed by atoms with van der Waals surface area (Å²) in [5.41, 5.74) is 0. The molecule has 2 aliphatic heterocycles. The third kappa shape index (κ3) is 4.41. The number of nitrogens with zero attached hydrogens (tertiary/aromatic N) is 2. The number of hydrogen-bond acceptors (Lipinski definition) is 4. The second-order valence-corrected chi connectivity index (χ2v) is 8.50. The average Bonchev–Trinajstić information content (AvgIpc) is 2.46. The number of nitrogens with one attached hydrogen (secondary N) is 1. The molecule has 6 heteroatoms. The summed E-state index contributed by atoms with van der Waals surface area (Å²) in [4.78, 5) is 2.15. The molecule has 0 bridgehead atoms. The van der Waals surface area contributed by atoms with Crippen molar-refractivity contribution in [3.05, 3.63) is 0 Å². The van der Waals surface area contributed by atoms with E-state index in [0.717, 1.165) is 45.2 Å². The van der Waals surface area contributed by atoms with E-state index < -0.39 is 10.0 Å². The first kappa shape index (κ1) is 16.2. The first-order valence-corrected chi connectivity index (χ1v) is 9.45. The van der Waals surface area contributed by atoms with E-state index in [-0.39, 0.29) is 0 Å². The summed E-state index contributed by atoms with van der Waals surface area (Å²) in [7, 11) is 1.01. The predicted molar refractivity (Wildman–Crippen MR) is 82.3 cm³/mol. The van der Waals surface area contributed by atoms with E-state index in [2.05, 4.69) is 10.2 Å². The molecule has 0 aliphatic carbocycles. The zero-order valence-corrected chi connectivity index (χ0v) is 13.7. The maximum Gasteiger partial charge on any atom is 0.214 e. The molecule has 2 aliphatic rings. The third-order valence-corrected chi connectivity index (χ3v) is 6.60. The van der Waals surface area contributed by atoms with Crippen LogP contribution in [0, 0.1) is 5.92 Å². The number of sulfonamides is 1. The van der Waals surface area contributed by atoms with E-state index in [1.165, 1.54) is 0 Å². The molecular formula is C14H29N3O2S. The SMILES string of the molecule is CN(C)C1CCCN(S(=O)(=O)CCC2CCNCC2)C1. The lowest BCUT2D eigenvalue weighted by Crippen LogP contribution is -2.48. The topological polar surface area (TPSA) is 52.7 Å².